The molecule has 1 aliphatic rings. The van der Waals surface area contributed by atoms with Crippen molar-refractivity contribution in [3.05, 3.63) is 35.1 Å². The highest BCUT2D eigenvalue weighted by Crippen LogP contribution is 2.37. The Kier molecular flexibility index (Phi) is 4.50. The monoisotopic (exact) mass is 278 g/mol. The van der Waals surface area contributed by atoms with Crippen molar-refractivity contribution >= 4 is 0 Å². The molecule has 2 N–H and O–H groups in total. The topological polar surface area (TPSA) is 29.3 Å². The van der Waals surface area contributed by atoms with E-state index in [2.05, 4.69) is 25.7 Å². The lowest BCUT2D eigenvalue weighted by molar-refractivity contribution is 0.195. The molecule has 1 aromatic rings. The number of aryl methyl sites for hydroxylation is 1. The summed E-state index contributed by atoms with van der Waals surface area (Å²) in [6, 6.07) is 5.32. The highest BCUT2D eigenvalue weighted by atomic mass is 19.1. The van der Waals surface area contributed by atoms with Crippen LogP contribution < -0.4 is 5.73 Å². The highest BCUT2D eigenvalue weighted by molar-refractivity contribution is 5.27. The van der Waals surface area contributed by atoms with E-state index in [1.807, 2.05) is 19.1 Å². The summed E-state index contributed by atoms with van der Waals surface area (Å²) in [4.78, 5) is 2.35. The van der Waals surface area contributed by atoms with Gasteiger partial charge in [-0.3, -0.25) is 4.90 Å². The molecule has 0 aliphatic carbocycles. The van der Waals surface area contributed by atoms with Crippen LogP contribution in [0.1, 0.15) is 44.4 Å². The Balaban J connectivity index is 2.20. The van der Waals surface area contributed by atoms with Crippen molar-refractivity contribution in [2.24, 2.45) is 17.1 Å². The summed E-state index contributed by atoms with van der Waals surface area (Å²) >= 11 is 0. The lowest BCUT2D eigenvalue weighted by atomic mass is 9.80. The number of likely N-dealkylation sites (tertiary alicyclic amines) is 1. The van der Waals surface area contributed by atoms with Gasteiger partial charge in [0, 0.05) is 24.7 Å². The Labute approximate surface area is 122 Å². The summed E-state index contributed by atoms with van der Waals surface area (Å²) in [7, 11) is 0. The average molecular weight is 278 g/mol. The van der Waals surface area contributed by atoms with Crippen molar-refractivity contribution < 1.29 is 4.39 Å². The van der Waals surface area contributed by atoms with Gasteiger partial charge in [-0.1, -0.05) is 38.5 Å². The molecule has 1 saturated heterocycles. The molecule has 1 heterocycles. The fourth-order valence-corrected chi connectivity index (χ4v) is 3.17. The molecule has 1 aromatic carbocycles. The van der Waals surface area contributed by atoms with Crippen LogP contribution in [0.3, 0.4) is 0 Å². The fraction of sp³-hybridized carbons (Fsp3) is 0.647. The molecule has 2 unspecified atom stereocenters. The maximum Gasteiger partial charge on any atom is 0.128 e. The Morgan fingerprint density at radius 2 is 2.10 bits per heavy atom. The first-order chi connectivity index (χ1) is 9.32. The second kappa shape index (κ2) is 5.82. The molecule has 2 nitrogen and oxygen atoms in total. The Hall–Kier alpha value is -0.930. The van der Waals surface area contributed by atoms with E-state index in [1.165, 1.54) is 6.42 Å². The molecule has 1 fully saturated rings. The number of rotatable bonds is 3. The van der Waals surface area contributed by atoms with Gasteiger partial charge in [0.1, 0.15) is 5.82 Å². The van der Waals surface area contributed by atoms with Crippen molar-refractivity contribution in [1.29, 1.82) is 0 Å². The summed E-state index contributed by atoms with van der Waals surface area (Å²) in [5.74, 6) is 0.523. The molecule has 1 aliphatic heterocycles. The zero-order chi connectivity index (χ0) is 14.9. The minimum Gasteiger partial charge on any atom is -0.329 e. The molecule has 0 saturated carbocycles. The maximum atomic E-state index is 14.1. The van der Waals surface area contributed by atoms with E-state index in [4.69, 9.17) is 5.73 Å². The molecular formula is C17H27FN2. The second-order valence-electron chi connectivity index (χ2n) is 7.12. The predicted octanol–water partition coefficient (Wildman–Crippen LogP) is 3.50. The third-order valence-electron chi connectivity index (χ3n) is 4.62. The van der Waals surface area contributed by atoms with E-state index in [0.29, 0.717) is 17.9 Å². The van der Waals surface area contributed by atoms with Crippen molar-refractivity contribution in [3.8, 4) is 0 Å². The van der Waals surface area contributed by atoms with Gasteiger partial charge in [0.05, 0.1) is 0 Å². The summed E-state index contributed by atoms with van der Waals surface area (Å²) in [5.41, 5.74) is 8.10. The maximum absolute atomic E-state index is 14.1. The number of benzene rings is 1. The van der Waals surface area contributed by atoms with Gasteiger partial charge in [0.2, 0.25) is 0 Å². The van der Waals surface area contributed by atoms with Gasteiger partial charge in [0.25, 0.3) is 0 Å². The first kappa shape index (κ1) is 15.5. The molecule has 0 radical (unpaired) electrons. The van der Waals surface area contributed by atoms with Crippen molar-refractivity contribution in [2.75, 3.05) is 19.6 Å². The average Bonchev–Trinajstić information content (AvgIpc) is 2.84. The lowest BCUT2D eigenvalue weighted by Gasteiger charge is -2.31. The van der Waals surface area contributed by atoms with Crippen LogP contribution in [0.2, 0.25) is 0 Å². The Morgan fingerprint density at radius 1 is 1.40 bits per heavy atom. The van der Waals surface area contributed by atoms with Gasteiger partial charge < -0.3 is 5.73 Å². The Bertz CT molecular complexity index is 465. The summed E-state index contributed by atoms with van der Waals surface area (Å²) in [5, 5.41) is 0. The number of hydrogen-bond acceptors (Lipinski definition) is 2. The van der Waals surface area contributed by atoms with E-state index in [0.717, 1.165) is 24.2 Å². The van der Waals surface area contributed by atoms with E-state index < -0.39 is 0 Å². The molecule has 0 aromatic heterocycles. The molecule has 2 rings (SSSR count). The SMILES string of the molecule is Cc1ccc(F)c(C(CN)N2CCC(C(C)(C)C)C2)c1. The van der Waals surface area contributed by atoms with Gasteiger partial charge in [-0.25, -0.2) is 4.39 Å². The minimum absolute atomic E-state index is 0.00208. The van der Waals surface area contributed by atoms with Crippen LogP contribution in [0, 0.1) is 24.1 Å². The number of halogens is 1. The van der Waals surface area contributed by atoms with Crippen LogP contribution in [-0.2, 0) is 0 Å². The van der Waals surface area contributed by atoms with Crippen LogP contribution in [0.25, 0.3) is 0 Å². The van der Waals surface area contributed by atoms with Gasteiger partial charge in [0.15, 0.2) is 0 Å². The van der Waals surface area contributed by atoms with E-state index in [1.54, 1.807) is 6.07 Å². The quantitative estimate of drug-likeness (QED) is 0.917. The lowest BCUT2D eigenvalue weighted by Crippen LogP contribution is -2.34. The molecule has 3 heteroatoms. The molecule has 0 spiro atoms. The van der Waals surface area contributed by atoms with Crippen LogP contribution in [0.4, 0.5) is 4.39 Å². The van der Waals surface area contributed by atoms with Gasteiger partial charge in [-0.15, -0.1) is 0 Å². The summed E-state index contributed by atoms with van der Waals surface area (Å²) in [6.45, 7) is 11.3. The first-order valence-corrected chi connectivity index (χ1v) is 7.53. The molecule has 2 atom stereocenters. The van der Waals surface area contributed by atoms with Gasteiger partial charge in [-0.05, 0) is 37.3 Å². The fourth-order valence-electron chi connectivity index (χ4n) is 3.17. The number of hydrogen-bond donors (Lipinski definition) is 1. The van der Waals surface area contributed by atoms with Crippen molar-refractivity contribution in [3.63, 3.8) is 0 Å². The Morgan fingerprint density at radius 3 is 2.65 bits per heavy atom. The van der Waals surface area contributed by atoms with Crippen LogP contribution in [0.15, 0.2) is 18.2 Å². The number of nitrogens with two attached hydrogens (primary N) is 1. The van der Waals surface area contributed by atoms with Crippen LogP contribution in [-0.4, -0.2) is 24.5 Å². The molecule has 0 amide bonds. The van der Waals surface area contributed by atoms with Gasteiger partial charge in [-0.2, -0.15) is 0 Å². The smallest absolute Gasteiger partial charge is 0.128 e. The normalized spacial score (nSPS) is 22.2. The van der Waals surface area contributed by atoms with Gasteiger partial charge >= 0.3 is 0 Å². The summed E-state index contributed by atoms with van der Waals surface area (Å²) < 4.78 is 14.1. The van der Waals surface area contributed by atoms with Crippen molar-refractivity contribution in [2.45, 2.75) is 40.2 Å². The zero-order valence-corrected chi connectivity index (χ0v) is 13.1. The molecular weight excluding hydrogens is 251 g/mol. The third kappa shape index (κ3) is 3.21. The van der Waals surface area contributed by atoms with Crippen LogP contribution >= 0.6 is 0 Å². The molecule has 112 valence electrons. The number of nitrogens with zero attached hydrogens (tertiary/aromatic N) is 1. The second-order valence-corrected chi connectivity index (χ2v) is 7.12. The molecule has 0 bridgehead atoms. The third-order valence-corrected chi connectivity index (χ3v) is 4.62. The first-order valence-electron chi connectivity index (χ1n) is 7.53. The standard InChI is InChI=1S/C17H27FN2/c1-12-5-6-15(18)14(9-12)16(10-19)20-8-7-13(11-20)17(2,3)4/h5-6,9,13,16H,7-8,10-11,19H2,1-4H3. The zero-order valence-electron chi connectivity index (χ0n) is 13.1. The summed E-state index contributed by atoms with van der Waals surface area (Å²) in [6.07, 6.45) is 1.17. The highest BCUT2D eigenvalue weighted by Gasteiger charge is 2.35. The van der Waals surface area contributed by atoms with E-state index in [-0.39, 0.29) is 11.9 Å². The predicted molar refractivity (Wildman–Crippen MR) is 82.1 cm³/mol. The van der Waals surface area contributed by atoms with Crippen molar-refractivity contribution in [1.82, 2.24) is 4.90 Å². The van der Waals surface area contributed by atoms with Crippen LogP contribution in [0.5, 0.6) is 0 Å². The van der Waals surface area contributed by atoms with E-state index >= 15 is 0 Å². The largest absolute Gasteiger partial charge is 0.329 e. The van der Waals surface area contributed by atoms with E-state index in [9.17, 15) is 4.39 Å². The molecule has 20 heavy (non-hydrogen) atoms. The minimum atomic E-state index is -0.134.